The van der Waals surface area contributed by atoms with Crippen LogP contribution in [0, 0.1) is 13.8 Å². The molecule has 2 aromatic rings. The van der Waals surface area contributed by atoms with Crippen molar-refractivity contribution in [3.8, 4) is 0 Å². The third-order valence-electron chi connectivity index (χ3n) is 3.35. The van der Waals surface area contributed by atoms with Crippen molar-refractivity contribution < 1.29 is 4.79 Å². The molecule has 0 radical (unpaired) electrons. The summed E-state index contributed by atoms with van der Waals surface area (Å²) in [5.74, 6) is 6.51. The molecule has 0 spiro atoms. The molecule has 0 saturated heterocycles. The summed E-state index contributed by atoms with van der Waals surface area (Å²) < 4.78 is 1.44. The predicted molar refractivity (Wildman–Crippen MR) is 89.4 cm³/mol. The fourth-order valence-corrected chi connectivity index (χ4v) is 2.73. The van der Waals surface area contributed by atoms with E-state index in [1.54, 1.807) is 0 Å². The van der Waals surface area contributed by atoms with E-state index in [2.05, 4.69) is 15.5 Å². The molecule has 3 N–H and O–H groups in total. The highest BCUT2D eigenvalue weighted by molar-refractivity contribution is 8.00. The van der Waals surface area contributed by atoms with Crippen molar-refractivity contribution in [3.05, 3.63) is 35.2 Å². The highest BCUT2D eigenvalue weighted by atomic mass is 32.2. The summed E-state index contributed by atoms with van der Waals surface area (Å²) in [4.78, 5) is 12.3. The van der Waals surface area contributed by atoms with E-state index in [1.165, 1.54) is 16.4 Å². The number of amides is 1. The van der Waals surface area contributed by atoms with Crippen LogP contribution in [0.5, 0.6) is 0 Å². The molecule has 1 heterocycles. The van der Waals surface area contributed by atoms with Crippen molar-refractivity contribution in [1.29, 1.82) is 0 Å². The first-order valence-electron chi connectivity index (χ1n) is 7.16. The molecule has 6 nitrogen and oxygen atoms in total. The van der Waals surface area contributed by atoms with Crippen molar-refractivity contribution in [2.24, 2.45) is 0 Å². The predicted octanol–water partition coefficient (Wildman–Crippen LogP) is 2.29. The topological polar surface area (TPSA) is 85.8 Å². The molecule has 0 aliphatic rings. The molecule has 0 fully saturated rings. The fourth-order valence-electron chi connectivity index (χ4n) is 1.95. The first-order valence-corrected chi connectivity index (χ1v) is 8.04. The maximum Gasteiger partial charge on any atom is 0.237 e. The van der Waals surface area contributed by atoms with Gasteiger partial charge in [0.25, 0.3) is 0 Å². The molecule has 0 bridgehead atoms. The number of nitrogens with zero attached hydrogens (tertiary/aromatic N) is 3. The first kappa shape index (κ1) is 16.4. The first-order chi connectivity index (χ1) is 10.4. The molecular weight excluding hydrogens is 298 g/mol. The number of carbonyl (C=O) groups excluding carboxylic acids is 1. The maximum atomic E-state index is 12.3. The highest BCUT2D eigenvalue weighted by Crippen LogP contribution is 2.23. The molecule has 22 heavy (non-hydrogen) atoms. The molecular formula is C15H21N5OS. The van der Waals surface area contributed by atoms with Gasteiger partial charge >= 0.3 is 0 Å². The molecule has 1 aromatic carbocycles. The summed E-state index contributed by atoms with van der Waals surface area (Å²) >= 11 is 1.30. The quantitative estimate of drug-likeness (QED) is 0.652. The van der Waals surface area contributed by atoms with E-state index in [0.29, 0.717) is 17.4 Å². The van der Waals surface area contributed by atoms with Crippen molar-refractivity contribution in [3.63, 3.8) is 0 Å². The van der Waals surface area contributed by atoms with Crippen molar-refractivity contribution in [2.45, 2.75) is 44.5 Å². The van der Waals surface area contributed by atoms with Gasteiger partial charge in [0.1, 0.15) is 0 Å². The number of nitrogen functional groups attached to an aromatic ring is 1. The van der Waals surface area contributed by atoms with Gasteiger partial charge in [-0.25, -0.2) is 4.68 Å². The second kappa shape index (κ2) is 6.83. The fraction of sp³-hybridized carbons (Fsp3) is 0.400. The smallest absolute Gasteiger partial charge is 0.237 e. The number of nitrogens with one attached hydrogen (secondary N) is 1. The maximum absolute atomic E-state index is 12.3. The number of carbonyl (C=O) groups is 1. The normalized spacial score (nSPS) is 12.2. The van der Waals surface area contributed by atoms with Gasteiger partial charge in [-0.05, 0) is 38.0 Å². The number of hydrogen-bond donors (Lipinski definition) is 2. The van der Waals surface area contributed by atoms with E-state index >= 15 is 0 Å². The summed E-state index contributed by atoms with van der Waals surface area (Å²) in [5, 5.41) is 11.2. The van der Waals surface area contributed by atoms with Crippen molar-refractivity contribution in [2.75, 3.05) is 11.2 Å². The summed E-state index contributed by atoms with van der Waals surface area (Å²) in [7, 11) is 0. The average molecular weight is 319 g/mol. The molecule has 1 atom stereocenters. The molecule has 118 valence electrons. The lowest BCUT2D eigenvalue weighted by molar-refractivity contribution is -0.115. The molecule has 0 aliphatic heterocycles. The third-order valence-corrected chi connectivity index (χ3v) is 4.41. The Morgan fingerprint density at radius 2 is 2.14 bits per heavy atom. The number of rotatable bonds is 5. The van der Waals surface area contributed by atoms with E-state index in [4.69, 9.17) is 5.84 Å². The minimum Gasteiger partial charge on any atom is -0.336 e. The van der Waals surface area contributed by atoms with Crippen LogP contribution in [0.4, 0.5) is 5.69 Å². The summed E-state index contributed by atoms with van der Waals surface area (Å²) in [6.07, 6.45) is 0.702. The standard InChI is InChI=1S/C15H21N5OS/c1-5-13-18-19-15(20(13)16)22-11(4)14(21)17-12-8-9(2)6-7-10(12)3/h6-8,11H,5,16H2,1-4H3,(H,17,21). The Hall–Kier alpha value is -2.02. The van der Waals surface area contributed by atoms with E-state index < -0.39 is 0 Å². The van der Waals surface area contributed by atoms with Gasteiger partial charge in [-0.3, -0.25) is 4.79 Å². The average Bonchev–Trinajstić information content (AvgIpc) is 2.83. The highest BCUT2D eigenvalue weighted by Gasteiger charge is 2.19. The Morgan fingerprint density at radius 1 is 1.41 bits per heavy atom. The molecule has 0 saturated carbocycles. The molecule has 2 rings (SSSR count). The number of aryl methyl sites for hydroxylation is 3. The van der Waals surface area contributed by atoms with Crippen LogP contribution in [0.3, 0.4) is 0 Å². The SMILES string of the molecule is CCc1nnc(SC(C)C(=O)Nc2cc(C)ccc2C)n1N. The number of thioether (sulfide) groups is 1. The molecule has 1 amide bonds. The van der Waals surface area contributed by atoms with Gasteiger partial charge < -0.3 is 11.2 Å². The van der Waals surface area contributed by atoms with Crippen LogP contribution in [0.15, 0.2) is 23.4 Å². The Balaban J connectivity index is 2.06. The monoisotopic (exact) mass is 319 g/mol. The van der Waals surface area contributed by atoms with Crippen LogP contribution in [-0.4, -0.2) is 26.0 Å². The Kier molecular flexibility index (Phi) is 5.07. The number of aromatic nitrogens is 3. The van der Waals surface area contributed by atoms with Crippen LogP contribution in [0.2, 0.25) is 0 Å². The lowest BCUT2D eigenvalue weighted by Crippen LogP contribution is -2.24. The minimum absolute atomic E-state index is 0.0836. The number of hydrogen-bond acceptors (Lipinski definition) is 5. The van der Waals surface area contributed by atoms with E-state index in [0.717, 1.165) is 16.8 Å². The molecule has 0 aliphatic carbocycles. The summed E-state index contributed by atoms with van der Waals surface area (Å²) in [6, 6.07) is 5.98. The van der Waals surface area contributed by atoms with Gasteiger partial charge in [0.2, 0.25) is 11.1 Å². The molecule has 1 unspecified atom stereocenters. The number of anilines is 1. The van der Waals surface area contributed by atoms with E-state index in [-0.39, 0.29) is 11.2 Å². The zero-order valence-corrected chi connectivity index (χ0v) is 14.1. The second-order valence-electron chi connectivity index (χ2n) is 5.19. The third kappa shape index (κ3) is 3.59. The van der Waals surface area contributed by atoms with Gasteiger partial charge in [0.05, 0.1) is 5.25 Å². The van der Waals surface area contributed by atoms with Gasteiger partial charge in [-0.15, -0.1) is 10.2 Å². The van der Waals surface area contributed by atoms with Crippen LogP contribution in [-0.2, 0) is 11.2 Å². The Morgan fingerprint density at radius 3 is 2.77 bits per heavy atom. The van der Waals surface area contributed by atoms with Gasteiger partial charge in [0.15, 0.2) is 5.82 Å². The van der Waals surface area contributed by atoms with E-state index in [1.807, 2.05) is 45.9 Å². The summed E-state index contributed by atoms with van der Waals surface area (Å²) in [6.45, 7) is 7.75. The van der Waals surface area contributed by atoms with Gasteiger partial charge in [-0.1, -0.05) is 30.8 Å². The number of benzene rings is 1. The Labute approximate surface area is 134 Å². The molecule has 1 aromatic heterocycles. The molecule has 7 heteroatoms. The summed E-state index contributed by atoms with van der Waals surface area (Å²) in [5.41, 5.74) is 2.97. The van der Waals surface area contributed by atoms with Crippen LogP contribution in [0.1, 0.15) is 30.8 Å². The van der Waals surface area contributed by atoms with Crippen LogP contribution >= 0.6 is 11.8 Å². The van der Waals surface area contributed by atoms with Gasteiger partial charge in [-0.2, -0.15) is 0 Å². The Bertz CT molecular complexity index is 683. The lowest BCUT2D eigenvalue weighted by atomic mass is 10.1. The van der Waals surface area contributed by atoms with E-state index in [9.17, 15) is 4.79 Å². The van der Waals surface area contributed by atoms with Crippen molar-refractivity contribution >= 4 is 23.4 Å². The largest absolute Gasteiger partial charge is 0.336 e. The lowest BCUT2D eigenvalue weighted by Gasteiger charge is -2.13. The zero-order chi connectivity index (χ0) is 16.3. The van der Waals surface area contributed by atoms with Crippen LogP contribution < -0.4 is 11.2 Å². The van der Waals surface area contributed by atoms with Crippen LogP contribution in [0.25, 0.3) is 0 Å². The van der Waals surface area contributed by atoms with Gasteiger partial charge in [0, 0.05) is 12.1 Å². The minimum atomic E-state index is -0.323. The zero-order valence-electron chi connectivity index (χ0n) is 13.3. The number of nitrogens with two attached hydrogens (primary N) is 1. The van der Waals surface area contributed by atoms with Crippen molar-refractivity contribution in [1.82, 2.24) is 14.9 Å². The second-order valence-corrected chi connectivity index (χ2v) is 6.50.